The second-order valence-electron chi connectivity index (χ2n) is 4.61. The van der Waals surface area contributed by atoms with E-state index in [0.29, 0.717) is 11.9 Å². The minimum atomic E-state index is -0.0875. The largest absolute Gasteiger partial charge is 0.348 e. The molecule has 0 bridgehead atoms. The standard InChI is InChI=1S/C12H20N4O/c1-3-10-9-15(2)7-4-8-16(10)11-12(17)14-6-5-13-11/h5-6,10H,3-4,7-9H2,1-2H3,(H,14,17). The summed E-state index contributed by atoms with van der Waals surface area (Å²) < 4.78 is 0. The molecule has 2 heterocycles. The van der Waals surface area contributed by atoms with Gasteiger partial charge >= 0.3 is 0 Å². The summed E-state index contributed by atoms with van der Waals surface area (Å²) in [5.74, 6) is 0.564. The third kappa shape index (κ3) is 2.66. The van der Waals surface area contributed by atoms with Crippen LogP contribution in [0.2, 0.25) is 0 Å². The summed E-state index contributed by atoms with van der Waals surface area (Å²) in [5.41, 5.74) is -0.0875. The van der Waals surface area contributed by atoms with Gasteiger partial charge in [-0.25, -0.2) is 4.98 Å². The number of hydrogen-bond acceptors (Lipinski definition) is 4. The minimum absolute atomic E-state index is 0.0875. The fourth-order valence-electron chi connectivity index (χ4n) is 2.42. The molecule has 2 rings (SSSR count). The average molecular weight is 236 g/mol. The lowest BCUT2D eigenvalue weighted by molar-refractivity contribution is 0.327. The Hall–Kier alpha value is -1.36. The van der Waals surface area contributed by atoms with E-state index in [9.17, 15) is 4.79 Å². The van der Waals surface area contributed by atoms with Crippen molar-refractivity contribution in [2.45, 2.75) is 25.8 Å². The zero-order chi connectivity index (χ0) is 12.3. The molecule has 0 radical (unpaired) electrons. The van der Waals surface area contributed by atoms with Crippen molar-refractivity contribution in [2.75, 3.05) is 31.6 Å². The highest BCUT2D eigenvalue weighted by Crippen LogP contribution is 2.16. The number of nitrogens with one attached hydrogen (secondary N) is 1. The number of hydrogen-bond donors (Lipinski definition) is 1. The fourth-order valence-corrected chi connectivity index (χ4v) is 2.42. The molecule has 17 heavy (non-hydrogen) atoms. The summed E-state index contributed by atoms with van der Waals surface area (Å²) in [6.07, 6.45) is 5.33. The highest BCUT2D eigenvalue weighted by Gasteiger charge is 2.24. The molecule has 5 nitrogen and oxygen atoms in total. The normalized spacial score (nSPS) is 22.5. The second kappa shape index (κ2) is 5.31. The molecule has 94 valence electrons. The van der Waals surface area contributed by atoms with Crippen molar-refractivity contribution >= 4 is 5.82 Å². The summed E-state index contributed by atoms with van der Waals surface area (Å²) >= 11 is 0. The first-order valence-corrected chi connectivity index (χ1v) is 6.21. The fraction of sp³-hybridized carbons (Fsp3) is 0.667. The van der Waals surface area contributed by atoms with Crippen LogP contribution in [0, 0.1) is 0 Å². The van der Waals surface area contributed by atoms with Gasteiger partial charge in [-0.1, -0.05) is 6.92 Å². The van der Waals surface area contributed by atoms with E-state index in [-0.39, 0.29) is 5.56 Å². The highest BCUT2D eigenvalue weighted by atomic mass is 16.1. The molecule has 1 fully saturated rings. The topological polar surface area (TPSA) is 52.2 Å². The van der Waals surface area contributed by atoms with E-state index in [1.54, 1.807) is 12.4 Å². The maximum atomic E-state index is 11.8. The van der Waals surface area contributed by atoms with E-state index in [1.165, 1.54) is 0 Å². The van der Waals surface area contributed by atoms with Crippen molar-refractivity contribution in [3.8, 4) is 0 Å². The van der Waals surface area contributed by atoms with Crippen molar-refractivity contribution in [3.63, 3.8) is 0 Å². The molecule has 0 saturated carbocycles. The summed E-state index contributed by atoms with van der Waals surface area (Å²) in [5, 5.41) is 0. The van der Waals surface area contributed by atoms with Crippen LogP contribution in [-0.4, -0.2) is 47.6 Å². The van der Waals surface area contributed by atoms with Gasteiger partial charge in [-0.3, -0.25) is 4.79 Å². The molecule has 5 heteroatoms. The molecule has 1 aromatic heterocycles. The molecule has 1 unspecified atom stereocenters. The van der Waals surface area contributed by atoms with Gasteiger partial charge in [0.25, 0.3) is 5.56 Å². The lowest BCUT2D eigenvalue weighted by atomic mass is 10.2. The highest BCUT2D eigenvalue weighted by molar-refractivity contribution is 5.37. The molecule has 1 saturated heterocycles. The van der Waals surface area contributed by atoms with Crippen LogP contribution in [0.5, 0.6) is 0 Å². The van der Waals surface area contributed by atoms with E-state index in [2.05, 4.69) is 33.7 Å². The zero-order valence-corrected chi connectivity index (χ0v) is 10.5. The molecule has 1 atom stereocenters. The molecule has 1 aliphatic heterocycles. The predicted molar refractivity (Wildman–Crippen MR) is 68.4 cm³/mol. The van der Waals surface area contributed by atoms with Crippen LogP contribution >= 0.6 is 0 Å². The van der Waals surface area contributed by atoms with Gasteiger partial charge in [-0.2, -0.15) is 0 Å². The molecular formula is C12H20N4O. The Balaban J connectivity index is 2.29. The second-order valence-corrected chi connectivity index (χ2v) is 4.61. The first kappa shape index (κ1) is 12.1. The molecule has 1 aromatic rings. The third-order valence-electron chi connectivity index (χ3n) is 3.33. The molecular weight excluding hydrogens is 216 g/mol. The van der Waals surface area contributed by atoms with Crippen LogP contribution < -0.4 is 10.5 Å². The van der Waals surface area contributed by atoms with Crippen molar-refractivity contribution < 1.29 is 0 Å². The van der Waals surface area contributed by atoms with Crippen molar-refractivity contribution in [1.29, 1.82) is 0 Å². The molecule has 0 aliphatic carbocycles. The Bertz CT molecular complexity index is 417. The Labute approximate surface area is 101 Å². The van der Waals surface area contributed by atoms with Gasteiger partial charge in [0.15, 0.2) is 5.82 Å². The molecule has 1 N–H and O–H groups in total. The monoisotopic (exact) mass is 236 g/mol. The van der Waals surface area contributed by atoms with Crippen LogP contribution in [-0.2, 0) is 0 Å². The van der Waals surface area contributed by atoms with E-state index in [4.69, 9.17) is 0 Å². The van der Waals surface area contributed by atoms with Crippen molar-refractivity contribution in [2.24, 2.45) is 0 Å². The first-order valence-electron chi connectivity index (χ1n) is 6.21. The Morgan fingerprint density at radius 1 is 1.53 bits per heavy atom. The number of anilines is 1. The number of likely N-dealkylation sites (N-methyl/N-ethyl adjacent to an activating group) is 1. The molecule has 1 aliphatic rings. The zero-order valence-electron chi connectivity index (χ0n) is 10.5. The van der Waals surface area contributed by atoms with E-state index < -0.39 is 0 Å². The number of aromatic nitrogens is 2. The van der Waals surface area contributed by atoms with Crippen LogP contribution in [0.25, 0.3) is 0 Å². The van der Waals surface area contributed by atoms with Gasteiger partial charge in [-0.05, 0) is 26.4 Å². The number of aromatic amines is 1. The first-order chi connectivity index (χ1) is 8.22. The minimum Gasteiger partial charge on any atom is -0.348 e. The van der Waals surface area contributed by atoms with Crippen molar-refractivity contribution in [1.82, 2.24) is 14.9 Å². The molecule has 0 spiro atoms. The van der Waals surface area contributed by atoms with Gasteiger partial charge < -0.3 is 14.8 Å². The van der Waals surface area contributed by atoms with Crippen LogP contribution in [0.4, 0.5) is 5.82 Å². The predicted octanol–water partition coefficient (Wildman–Crippen LogP) is 0.690. The Kier molecular flexibility index (Phi) is 3.78. The molecule has 0 amide bonds. The van der Waals surface area contributed by atoms with Crippen LogP contribution in [0.3, 0.4) is 0 Å². The van der Waals surface area contributed by atoms with Gasteiger partial charge in [0.05, 0.1) is 0 Å². The number of H-pyrrole nitrogens is 1. The average Bonchev–Trinajstić information content (AvgIpc) is 2.51. The van der Waals surface area contributed by atoms with Crippen LogP contribution in [0.1, 0.15) is 19.8 Å². The lowest BCUT2D eigenvalue weighted by Gasteiger charge is -2.30. The summed E-state index contributed by atoms with van der Waals surface area (Å²) in [4.78, 5) is 23.2. The van der Waals surface area contributed by atoms with E-state index in [1.807, 2.05) is 0 Å². The number of nitrogens with zero attached hydrogens (tertiary/aromatic N) is 3. The summed E-state index contributed by atoms with van der Waals surface area (Å²) in [6, 6.07) is 0.374. The lowest BCUT2D eigenvalue weighted by Crippen LogP contribution is -2.42. The SMILES string of the molecule is CCC1CN(C)CCCN1c1ncc[nH]c1=O. The number of rotatable bonds is 2. The Morgan fingerprint density at radius 3 is 3.06 bits per heavy atom. The van der Waals surface area contributed by atoms with Gasteiger partial charge in [0, 0.05) is 31.5 Å². The van der Waals surface area contributed by atoms with Crippen LogP contribution in [0.15, 0.2) is 17.2 Å². The van der Waals surface area contributed by atoms with Gasteiger partial charge in [-0.15, -0.1) is 0 Å². The maximum Gasteiger partial charge on any atom is 0.290 e. The summed E-state index contributed by atoms with van der Waals surface area (Å²) in [7, 11) is 2.13. The van der Waals surface area contributed by atoms with Gasteiger partial charge in [0.1, 0.15) is 0 Å². The van der Waals surface area contributed by atoms with E-state index in [0.717, 1.165) is 32.5 Å². The van der Waals surface area contributed by atoms with Crippen molar-refractivity contribution in [3.05, 3.63) is 22.7 Å². The van der Waals surface area contributed by atoms with E-state index >= 15 is 0 Å². The smallest absolute Gasteiger partial charge is 0.290 e. The summed E-state index contributed by atoms with van der Waals surface area (Å²) in [6.45, 7) is 5.14. The molecule has 0 aromatic carbocycles. The Morgan fingerprint density at radius 2 is 2.35 bits per heavy atom. The third-order valence-corrected chi connectivity index (χ3v) is 3.33. The quantitative estimate of drug-likeness (QED) is 0.821. The van der Waals surface area contributed by atoms with Gasteiger partial charge in [0.2, 0.25) is 0 Å². The maximum absolute atomic E-state index is 11.8.